The van der Waals surface area contributed by atoms with Crippen LogP contribution >= 0.6 is 0 Å². The van der Waals surface area contributed by atoms with E-state index in [1.807, 2.05) is 24.3 Å². The number of aromatic amines is 1. The summed E-state index contributed by atoms with van der Waals surface area (Å²) >= 11 is 0. The summed E-state index contributed by atoms with van der Waals surface area (Å²) in [5, 5.41) is 37.4. The van der Waals surface area contributed by atoms with Crippen LogP contribution in [-0.2, 0) is 25.6 Å². The number of carbonyl (C=O) groups excluding carboxylic acids is 3. The lowest BCUT2D eigenvalue weighted by molar-refractivity contribution is -0.142. The van der Waals surface area contributed by atoms with Crippen molar-refractivity contribution in [1.29, 1.82) is 0 Å². The Labute approximate surface area is 220 Å². The van der Waals surface area contributed by atoms with Crippen molar-refractivity contribution >= 4 is 34.6 Å². The van der Waals surface area contributed by atoms with Crippen LogP contribution in [0.15, 0.2) is 30.5 Å². The number of para-hydroxylation sites is 1. The summed E-state index contributed by atoms with van der Waals surface area (Å²) < 4.78 is 0. The molecule has 0 fully saturated rings. The highest BCUT2D eigenvalue weighted by molar-refractivity contribution is 5.95. The van der Waals surface area contributed by atoms with Crippen LogP contribution in [0, 0.1) is 0 Å². The van der Waals surface area contributed by atoms with Crippen LogP contribution in [0.1, 0.15) is 38.7 Å². The molecule has 6 atom stereocenters. The number of aliphatic carboxylic acids is 1. The molecule has 2 aromatic rings. The molecule has 13 heteroatoms. The summed E-state index contributed by atoms with van der Waals surface area (Å²) in [6, 6.07) is 2.03. The second-order valence-corrected chi connectivity index (χ2v) is 9.30. The highest BCUT2D eigenvalue weighted by Gasteiger charge is 2.33. The van der Waals surface area contributed by atoms with Crippen LogP contribution in [-0.4, -0.2) is 86.9 Å². The standard InChI is InChI=1S/C25H38N6O7/c1-13(32)20(27)23(35)31-21(14(2)33)24(36)30-19(11-15-12-28-17-8-4-3-7-16(15)17)22(34)29-18(25(37)38)9-5-6-10-26/h3-4,7-8,12-14,18-21,28,32-33H,5-6,9-11,26-27H2,1-2H3,(H,29,34)(H,30,36)(H,31,35)(H,37,38). The van der Waals surface area contributed by atoms with Gasteiger partial charge in [-0.2, -0.15) is 0 Å². The molecule has 0 spiro atoms. The molecule has 210 valence electrons. The Morgan fingerprint density at radius 3 is 2.18 bits per heavy atom. The molecule has 3 amide bonds. The predicted octanol–water partition coefficient (Wildman–Crippen LogP) is -1.53. The van der Waals surface area contributed by atoms with Crippen LogP contribution in [0.25, 0.3) is 10.9 Å². The van der Waals surface area contributed by atoms with Crippen molar-refractivity contribution < 1.29 is 34.5 Å². The molecule has 2 rings (SSSR count). The number of amides is 3. The summed E-state index contributed by atoms with van der Waals surface area (Å²) in [6.07, 6.45) is 0.301. The van der Waals surface area contributed by atoms with Crippen LogP contribution in [0.2, 0.25) is 0 Å². The van der Waals surface area contributed by atoms with Crippen molar-refractivity contribution in [2.24, 2.45) is 11.5 Å². The molecule has 0 aliphatic carbocycles. The van der Waals surface area contributed by atoms with E-state index in [1.165, 1.54) is 13.8 Å². The number of nitrogens with one attached hydrogen (secondary N) is 4. The first kappa shape index (κ1) is 30.7. The molecule has 38 heavy (non-hydrogen) atoms. The van der Waals surface area contributed by atoms with E-state index in [4.69, 9.17) is 11.5 Å². The van der Waals surface area contributed by atoms with Crippen LogP contribution in [0.3, 0.4) is 0 Å². The molecule has 1 heterocycles. The van der Waals surface area contributed by atoms with Crippen LogP contribution < -0.4 is 27.4 Å². The van der Waals surface area contributed by atoms with Crippen LogP contribution in [0.4, 0.5) is 0 Å². The first-order chi connectivity index (χ1) is 18.0. The quantitative estimate of drug-likeness (QED) is 0.120. The van der Waals surface area contributed by atoms with Gasteiger partial charge in [-0.1, -0.05) is 18.2 Å². The number of hydrogen-bond acceptors (Lipinski definition) is 8. The van der Waals surface area contributed by atoms with Crippen molar-refractivity contribution in [2.75, 3.05) is 6.54 Å². The topological polar surface area (TPSA) is 233 Å². The number of fused-ring (bicyclic) bond motifs is 1. The van der Waals surface area contributed by atoms with Gasteiger partial charge in [0.2, 0.25) is 17.7 Å². The average molecular weight is 535 g/mol. The van der Waals surface area contributed by atoms with E-state index in [-0.39, 0.29) is 12.8 Å². The minimum atomic E-state index is -1.50. The number of carbonyl (C=O) groups is 4. The van der Waals surface area contributed by atoms with Crippen molar-refractivity contribution in [3.63, 3.8) is 0 Å². The largest absolute Gasteiger partial charge is 0.480 e. The number of nitrogens with two attached hydrogens (primary N) is 2. The summed E-state index contributed by atoms with van der Waals surface area (Å²) in [6.45, 7) is 2.95. The maximum Gasteiger partial charge on any atom is 0.326 e. The molecule has 13 nitrogen and oxygen atoms in total. The SMILES string of the molecule is CC(O)C(N)C(=O)NC(C(=O)NC(Cc1c[nH]c2ccccc12)C(=O)NC(CCCCN)C(=O)O)C(C)O. The molecule has 11 N–H and O–H groups in total. The number of benzene rings is 1. The Hall–Kier alpha value is -3.52. The van der Waals surface area contributed by atoms with Gasteiger partial charge >= 0.3 is 5.97 Å². The zero-order valence-corrected chi connectivity index (χ0v) is 21.5. The highest BCUT2D eigenvalue weighted by atomic mass is 16.4. The number of rotatable bonds is 15. The second-order valence-electron chi connectivity index (χ2n) is 9.30. The number of carboxylic acid groups (broad SMARTS) is 1. The monoisotopic (exact) mass is 534 g/mol. The predicted molar refractivity (Wildman–Crippen MR) is 140 cm³/mol. The van der Waals surface area contributed by atoms with Crippen molar-refractivity contribution in [2.45, 2.75) is 75.9 Å². The van der Waals surface area contributed by atoms with Gasteiger partial charge in [-0.05, 0) is 51.3 Å². The molecule has 0 bridgehead atoms. The van der Waals surface area contributed by atoms with Gasteiger partial charge in [0.1, 0.15) is 24.2 Å². The van der Waals surface area contributed by atoms with Gasteiger partial charge in [0.25, 0.3) is 0 Å². The summed E-state index contributed by atoms with van der Waals surface area (Å²) in [4.78, 5) is 53.6. The minimum Gasteiger partial charge on any atom is -0.480 e. The van der Waals surface area contributed by atoms with Crippen molar-refractivity contribution in [3.8, 4) is 0 Å². The Morgan fingerprint density at radius 1 is 0.921 bits per heavy atom. The first-order valence-electron chi connectivity index (χ1n) is 12.5. The number of unbranched alkanes of at least 4 members (excludes halogenated alkanes) is 1. The second kappa shape index (κ2) is 14.4. The molecular weight excluding hydrogens is 496 g/mol. The van der Waals surface area contributed by atoms with E-state index in [1.54, 1.807) is 6.20 Å². The molecule has 0 saturated carbocycles. The normalized spacial score (nSPS) is 16.1. The molecule has 1 aromatic heterocycles. The lowest BCUT2D eigenvalue weighted by Gasteiger charge is -2.27. The van der Waals surface area contributed by atoms with E-state index in [2.05, 4.69) is 20.9 Å². The van der Waals surface area contributed by atoms with Gasteiger partial charge in [0.05, 0.1) is 12.2 Å². The number of H-pyrrole nitrogens is 1. The third-order valence-electron chi connectivity index (χ3n) is 6.18. The number of carboxylic acids is 1. The number of aliphatic hydroxyl groups excluding tert-OH is 2. The third-order valence-corrected chi connectivity index (χ3v) is 6.18. The Balaban J connectivity index is 2.30. The highest BCUT2D eigenvalue weighted by Crippen LogP contribution is 2.19. The first-order valence-corrected chi connectivity index (χ1v) is 12.5. The van der Waals surface area contributed by atoms with Crippen molar-refractivity contribution in [1.82, 2.24) is 20.9 Å². The third kappa shape index (κ3) is 8.52. The Bertz CT molecular complexity index is 1100. The van der Waals surface area contributed by atoms with Gasteiger partial charge < -0.3 is 47.7 Å². The zero-order valence-electron chi connectivity index (χ0n) is 21.5. The van der Waals surface area contributed by atoms with E-state index < -0.39 is 60.1 Å². The van der Waals surface area contributed by atoms with Gasteiger partial charge in [-0.15, -0.1) is 0 Å². The zero-order chi connectivity index (χ0) is 28.4. The molecular formula is C25H38N6O7. The fourth-order valence-electron chi connectivity index (χ4n) is 3.89. The minimum absolute atomic E-state index is 0.00953. The van der Waals surface area contributed by atoms with Crippen LogP contribution in [0.5, 0.6) is 0 Å². The number of aliphatic hydroxyl groups is 2. The fraction of sp³-hybridized carbons (Fsp3) is 0.520. The van der Waals surface area contributed by atoms with E-state index in [0.29, 0.717) is 24.9 Å². The van der Waals surface area contributed by atoms with Crippen molar-refractivity contribution in [3.05, 3.63) is 36.0 Å². The van der Waals surface area contributed by atoms with Gasteiger partial charge in [-0.3, -0.25) is 14.4 Å². The molecule has 6 unspecified atom stereocenters. The summed E-state index contributed by atoms with van der Waals surface area (Å²) in [7, 11) is 0. The van der Waals surface area contributed by atoms with Gasteiger partial charge in [0.15, 0.2) is 0 Å². The molecule has 0 aliphatic rings. The summed E-state index contributed by atoms with van der Waals surface area (Å²) in [5.74, 6) is -3.74. The Kier molecular flexibility index (Phi) is 11.7. The summed E-state index contributed by atoms with van der Waals surface area (Å²) in [5.41, 5.74) is 12.6. The van der Waals surface area contributed by atoms with Gasteiger partial charge in [0, 0.05) is 23.5 Å². The lowest BCUT2D eigenvalue weighted by atomic mass is 10.0. The lowest BCUT2D eigenvalue weighted by Crippen LogP contribution is -2.61. The number of aromatic nitrogens is 1. The van der Waals surface area contributed by atoms with E-state index >= 15 is 0 Å². The maximum atomic E-state index is 13.3. The Morgan fingerprint density at radius 2 is 1.58 bits per heavy atom. The van der Waals surface area contributed by atoms with Gasteiger partial charge in [-0.25, -0.2) is 4.79 Å². The molecule has 0 radical (unpaired) electrons. The molecule has 1 aromatic carbocycles. The fourth-order valence-corrected chi connectivity index (χ4v) is 3.89. The average Bonchev–Trinajstić information content (AvgIpc) is 3.27. The number of hydrogen-bond donors (Lipinski definition) is 9. The smallest absolute Gasteiger partial charge is 0.326 e. The van der Waals surface area contributed by atoms with E-state index in [0.717, 1.165) is 10.9 Å². The van der Waals surface area contributed by atoms with E-state index in [9.17, 15) is 34.5 Å². The maximum absolute atomic E-state index is 13.3. The molecule has 0 saturated heterocycles. The molecule has 0 aliphatic heterocycles.